The fourth-order valence-electron chi connectivity index (χ4n) is 3.59. The van der Waals surface area contributed by atoms with Gasteiger partial charge in [-0.15, -0.1) is 0 Å². The molecule has 7 heteroatoms. The van der Waals surface area contributed by atoms with Crippen LogP contribution in [0, 0.1) is 0 Å². The van der Waals surface area contributed by atoms with Crippen LogP contribution in [-0.2, 0) is 5.41 Å². The van der Waals surface area contributed by atoms with E-state index in [2.05, 4.69) is 56.8 Å². The number of benzene rings is 2. The van der Waals surface area contributed by atoms with Crippen molar-refractivity contribution < 1.29 is 20.2 Å². The van der Waals surface area contributed by atoms with Crippen LogP contribution in [0.15, 0.2) is 41.6 Å². The lowest BCUT2D eigenvalue weighted by atomic mass is 9.84. The van der Waals surface area contributed by atoms with E-state index < -0.39 is 5.97 Å². The highest BCUT2D eigenvalue weighted by molar-refractivity contribution is 6.03. The van der Waals surface area contributed by atoms with Gasteiger partial charge in [0.05, 0.1) is 6.54 Å². The Morgan fingerprint density at radius 3 is 2.19 bits per heavy atom. The van der Waals surface area contributed by atoms with Crippen molar-refractivity contribution in [2.24, 2.45) is 5.16 Å². The van der Waals surface area contributed by atoms with Crippen LogP contribution >= 0.6 is 0 Å². The number of hydrogen-bond acceptors (Lipinski definition) is 6. The SMILES string of the molecule is CCN(CC)c1ccc(/C(CN(C)c2ccc(C(=O)O)c(O)c2)=N/O)cc1C(C)(C)C. The van der Waals surface area contributed by atoms with Crippen molar-refractivity contribution in [1.82, 2.24) is 0 Å². The summed E-state index contributed by atoms with van der Waals surface area (Å²) in [4.78, 5) is 15.2. The molecule has 0 saturated carbocycles. The number of carbonyl (C=O) groups is 1. The molecule has 0 atom stereocenters. The van der Waals surface area contributed by atoms with E-state index in [1.807, 2.05) is 6.07 Å². The molecule has 0 aromatic heterocycles. The summed E-state index contributed by atoms with van der Waals surface area (Å²) in [7, 11) is 1.79. The second-order valence-electron chi connectivity index (χ2n) is 8.56. The van der Waals surface area contributed by atoms with E-state index in [1.165, 1.54) is 23.4 Å². The minimum Gasteiger partial charge on any atom is -0.507 e. The molecule has 2 rings (SSSR count). The number of aromatic hydroxyl groups is 1. The Kier molecular flexibility index (Phi) is 7.55. The summed E-state index contributed by atoms with van der Waals surface area (Å²) in [6, 6.07) is 10.5. The number of nitrogens with zero attached hydrogens (tertiary/aromatic N) is 3. The second kappa shape index (κ2) is 9.73. The maximum absolute atomic E-state index is 11.1. The highest BCUT2D eigenvalue weighted by atomic mass is 16.4. The molecule has 0 amide bonds. The van der Waals surface area contributed by atoms with Crippen LogP contribution in [0.2, 0.25) is 0 Å². The number of aromatic carboxylic acids is 1. The topological polar surface area (TPSA) is 96.6 Å². The van der Waals surface area contributed by atoms with E-state index >= 15 is 0 Å². The standard InChI is InChI=1S/C24H33N3O4/c1-7-27(8-2)21-12-9-16(13-19(21)24(3,4)5)20(25-31)15-26(6)17-10-11-18(23(29)30)22(28)14-17/h9-14,28,31H,7-8,15H2,1-6H3,(H,29,30)/b25-20+. The molecule has 2 aromatic carbocycles. The molecule has 0 bridgehead atoms. The van der Waals surface area contributed by atoms with Gasteiger partial charge >= 0.3 is 5.97 Å². The molecule has 0 radical (unpaired) electrons. The zero-order valence-electron chi connectivity index (χ0n) is 19.2. The van der Waals surface area contributed by atoms with E-state index in [0.717, 1.165) is 18.7 Å². The third kappa shape index (κ3) is 5.48. The van der Waals surface area contributed by atoms with Crippen LogP contribution in [-0.4, -0.2) is 53.8 Å². The summed E-state index contributed by atoms with van der Waals surface area (Å²) in [6.07, 6.45) is 0. The first kappa shape index (κ1) is 24.1. The number of anilines is 2. The predicted octanol–water partition coefficient (Wildman–Crippen LogP) is 4.55. The molecule has 2 aromatic rings. The molecule has 7 nitrogen and oxygen atoms in total. The Balaban J connectivity index is 2.38. The number of oxime groups is 1. The molecular weight excluding hydrogens is 394 g/mol. The third-order valence-corrected chi connectivity index (χ3v) is 5.40. The van der Waals surface area contributed by atoms with E-state index in [0.29, 0.717) is 11.4 Å². The third-order valence-electron chi connectivity index (χ3n) is 5.40. The van der Waals surface area contributed by atoms with Gasteiger partial charge < -0.3 is 25.2 Å². The summed E-state index contributed by atoms with van der Waals surface area (Å²) in [5, 5.41) is 32.3. The second-order valence-corrected chi connectivity index (χ2v) is 8.56. The number of hydrogen-bond donors (Lipinski definition) is 3. The van der Waals surface area contributed by atoms with Crippen molar-refractivity contribution in [2.75, 3.05) is 36.5 Å². The minimum atomic E-state index is -1.19. The Hall–Kier alpha value is -3.22. The normalized spacial score (nSPS) is 12.0. The zero-order valence-corrected chi connectivity index (χ0v) is 19.2. The van der Waals surface area contributed by atoms with Gasteiger partial charge in [-0.1, -0.05) is 32.0 Å². The summed E-state index contributed by atoms with van der Waals surface area (Å²) in [5.41, 5.74) is 3.97. The summed E-state index contributed by atoms with van der Waals surface area (Å²) >= 11 is 0. The lowest BCUT2D eigenvalue weighted by molar-refractivity contribution is 0.0693. The van der Waals surface area contributed by atoms with Gasteiger partial charge in [-0.05, 0) is 49.1 Å². The monoisotopic (exact) mass is 427 g/mol. The number of rotatable bonds is 8. The van der Waals surface area contributed by atoms with E-state index in [1.54, 1.807) is 18.0 Å². The van der Waals surface area contributed by atoms with Crippen LogP contribution in [0.4, 0.5) is 11.4 Å². The van der Waals surface area contributed by atoms with E-state index in [9.17, 15) is 15.1 Å². The van der Waals surface area contributed by atoms with Crippen LogP contribution < -0.4 is 9.80 Å². The number of phenols is 1. The molecule has 3 N–H and O–H groups in total. The molecule has 0 aliphatic heterocycles. The molecule has 0 unspecified atom stereocenters. The molecule has 0 aliphatic rings. The quantitative estimate of drug-likeness (QED) is 0.325. The van der Waals surface area contributed by atoms with Crippen LogP contribution in [0.25, 0.3) is 0 Å². The highest BCUT2D eigenvalue weighted by Gasteiger charge is 2.22. The summed E-state index contributed by atoms with van der Waals surface area (Å²) in [6.45, 7) is 12.8. The fourth-order valence-corrected chi connectivity index (χ4v) is 3.59. The molecule has 0 aliphatic carbocycles. The summed E-state index contributed by atoms with van der Waals surface area (Å²) in [5.74, 6) is -1.50. The van der Waals surface area contributed by atoms with Crippen molar-refractivity contribution in [3.05, 3.63) is 53.1 Å². The van der Waals surface area contributed by atoms with Gasteiger partial charge in [0.25, 0.3) is 0 Å². The first-order chi connectivity index (χ1) is 14.5. The Bertz CT molecular complexity index is 960. The van der Waals surface area contributed by atoms with Gasteiger partial charge in [-0.2, -0.15) is 0 Å². The highest BCUT2D eigenvalue weighted by Crippen LogP contribution is 2.33. The van der Waals surface area contributed by atoms with Crippen LogP contribution in [0.3, 0.4) is 0 Å². The van der Waals surface area contributed by atoms with E-state index in [4.69, 9.17) is 5.11 Å². The Morgan fingerprint density at radius 1 is 1.06 bits per heavy atom. The number of carboxylic acids is 1. The molecule has 31 heavy (non-hydrogen) atoms. The van der Waals surface area contributed by atoms with Crippen molar-refractivity contribution >= 4 is 23.1 Å². The Morgan fingerprint density at radius 2 is 1.71 bits per heavy atom. The van der Waals surface area contributed by atoms with Crippen molar-refractivity contribution in [3.8, 4) is 5.75 Å². The molecule has 0 fully saturated rings. The average molecular weight is 428 g/mol. The van der Waals surface area contributed by atoms with Crippen molar-refractivity contribution in [1.29, 1.82) is 0 Å². The number of likely N-dealkylation sites (N-methyl/N-ethyl adjacent to an activating group) is 1. The lowest BCUT2D eigenvalue weighted by Crippen LogP contribution is -2.28. The molecule has 168 valence electrons. The van der Waals surface area contributed by atoms with Crippen molar-refractivity contribution in [2.45, 2.75) is 40.0 Å². The molecular formula is C24H33N3O4. The molecule has 0 spiro atoms. The molecule has 0 saturated heterocycles. The van der Waals surface area contributed by atoms with Gasteiger partial charge in [0.1, 0.15) is 17.0 Å². The minimum absolute atomic E-state index is 0.0984. The largest absolute Gasteiger partial charge is 0.507 e. The van der Waals surface area contributed by atoms with Gasteiger partial charge in [-0.3, -0.25) is 0 Å². The lowest BCUT2D eigenvalue weighted by Gasteiger charge is -2.31. The van der Waals surface area contributed by atoms with Crippen LogP contribution in [0.5, 0.6) is 5.75 Å². The first-order valence-corrected chi connectivity index (χ1v) is 10.4. The van der Waals surface area contributed by atoms with Gasteiger partial charge in [0.2, 0.25) is 0 Å². The van der Waals surface area contributed by atoms with E-state index in [-0.39, 0.29) is 23.3 Å². The smallest absolute Gasteiger partial charge is 0.339 e. The van der Waals surface area contributed by atoms with Gasteiger partial charge in [0.15, 0.2) is 0 Å². The fraction of sp³-hybridized carbons (Fsp3) is 0.417. The van der Waals surface area contributed by atoms with Gasteiger partial charge in [-0.25, -0.2) is 4.79 Å². The Labute approximate surface area is 184 Å². The summed E-state index contributed by atoms with van der Waals surface area (Å²) < 4.78 is 0. The maximum Gasteiger partial charge on any atom is 0.339 e. The van der Waals surface area contributed by atoms with Crippen molar-refractivity contribution in [3.63, 3.8) is 0 Å². The van der Waals surface area contributed by atoms with Gasteiger partial charge in [0, 0.05) is 43.1 Å². The zero-order chi connectivity index (χ0) is 23.3. The number of carboxylic acid groups (broad SMARTS) is 1. The maximum atomic E-state index is 11.1. The van der Waals surface area contributed by atoms with Crippen LogP contribution in [0.1, 0.15) is 56.1 Å². The average Bonchev–Trinajstić information content (AvgIpc) is 2.71. The molecule has 0 heterocycles. The predicted molar refractivity (Wildman–Crippen MR) is 125 cm³/mol. The first-order valence-electron chi connectivity index (χ1n) is 10.4.